The Bertz CT molecular complexity index is 401. The van der Waals surface area contributed by atoms with Gasteiger partial charge in [0, 0.05) is 17.8 Å². The smallest absolute Gasteiger partial charge is 0.311 e. The number of carbonyl (C=O) groups is 1. The lowest BCUT2D eigenvalue weighted by molar-refractivity contribution is -0.283. The van der Waals surface area contributed by atoms with Gasteiger partial charge in [0.05, 0.1) is 5.92 Å². The Morgan fingerprint density at radius 1 is 1.60 bits per heavy atom. The standard InChI is InChI=1S/C10H12O5/c1-10-6-4(8(12)14-10)2-3-5(6)9(15-10)13-7(3)11/h3-6,8-9,12H,2H2,1H3/t3-,4+,5-,6+,8+,9+,10-/m1/s1/i9D. The van der Waals surface area contributed by atoms with E-state index in [1.807, 2.05) is 0 Å². The van der Waals surface area contributed by atoms with Gasteiger partial charge >= 0.3 is 5.97 Å². The van der Waals surface area contributed by atoms with Crippen LogP contribution in [0.2, 0.25) is 0 Å². The fourth-order valence-electron chi connectivity index (χ4n) is 3.69. The monoisotopic (exact) mass is 213 g/mol. The molecule has 5 heteroatoms. The minimum Gasteiger partial charge on any atom is -0.435 e. The van der Waals surface area contributed by atoms with Crippen molar-refractivity contribution in [2.24, 2.45) is 23.7 Å². The summed E-state index contributed by atoms with van der Waals surface area (Å²) in [5.41, 5.74) is 0. The van der Waals surface area contributed by atoms with Crippen molar-refractivity contribution >= 4 is 5.97 Å². The van der Waals surface area contributed by atoms with Gasteiger partial charge in [0.25, 0.3) is 0 Å². The lowest BCUT2D eigenvalue weighted by atomic mass is 9.86. The van der Waals surface area contributed by atoms with E-state index in [0.29, 0.717) is 6.42 Å². The molecule has 1 aliphatic carbocycles. The van der Waals surface area contributed by atoms with Crippen LogP contribution in [0.3, 0.4) is 0 Å². The summed E-state index contributed by atoms with van der Waals surface area (Å²) in [4.78, 5) is 11.6. The molecule has 0 radical (unpaired) electrons. The van der Waals surface area contributed by atoms with E-state index in [1.54, 1.807) is 6.92 Å². The topological polar surface area (TPSA) is 65.0 Å². The number of aliphatic hydroxyl groups is 1. The molecule has 3 aliphatic heterocycles. The predicted octanol–water partition coefficient (Wildman–Crippen LogP) is -0.167. The molecule has 3 heterocycles. The summed E-state index contributed by atoms with van der Waals surface area (Å²) in [6, 6.07) is 0. The number of ether oxygens (including phenoxy) is 3. The van der Waals surface area contributed by atoms with Gasteiger partial charge in [0.1, 0.15) is 1.37 Å². The lowest BCUT2D eigenvalue weighted by Gasteiger charge is -2.23. The molecule has 0 aromatic heterocycles. The van der Waals surface area contributed by atoms with Crippen LogP contribution >= 0.6 is 0 Å². The van der Waals surface area contributed by atoms with Crippen molar-refractivity contribution in [3.63, 3.8) is 0 Å². The zero-order valence-corrected chi connectivity index (χ0v) is 8.17. The third-order valence-corrected chi connectivity index (χ3v) is 4.21. The maximum atomic E-state index is 11.6. The van der Waals surface area contributed by atoms with E-state index in [-0.39, 0.29) is 29.6 Å². The number of esters is 1. The van der Waals surface area contributed by atoms with Crippen LogP contribution in [-0.2, 0) is 19.0 Å². The minimum atomic E-state index is -1.60. The molecule has 3 saturated heterocycles. The average Bonchev–Trinajstić information content (AvgIpc) is 2.74. The number of carbonyl (C=O) groups excluding carboxylic acids is 1. The maximum absolute atomic E-state index is 11.6. The van der Waals surface area contributed by atoms with Crippen LogP contribution < -0.4 is 0 Å². The molecule has 5 nitrogen and oxygen atoms in total. The summed E-state index contributed by atoms with van der Waals surface area (Å²) in [5.74, 6) is -2.19. The van der Waals surface area contributed by atoms with Crippen molar-refractivity contribution in [1.82, 2.24) is 0 Å². The Morgan fingerprint density at radius 3 is 3.20 bits per heavy atom. The predicted molar refractivity (Wildman–Crippen MR) is 45.0 cm³/mol. The number of hydrogen-bond donors (Lipinski definition) is 1. The van der Waals surface area contributed by atoms with E-state index in [4.69, 9.17) is 15.6 Å². The summed E-state index contributed by atoms with van der Waals surface area (Å²) in [6.45, 7) is 1.71. The molecule has 4 rings (SSSR count). The summed E-state index contributed by atoms with van der Waals surface area (Å²) < 4.78 is 23.9. The van der Waals surface area contributed by atoms with E-state index in [0.717, 1.165) is 0 Å². The second-order valence-corrected chi connectivity index (χ2v) is 4.92. The van der Waals surface area contributed by atoms with Gasteiger partial charge in [-0.25, -0.2) is 0 Å². The minimum absolute atomic E-state index is 0.111. The molecule has 0 spiro atoms. The van der Waals surface area contributed by atoms with Crippen molar-refractivity contribution in [3.05, 3.63) is 0 Å². The highest BCUT2D eigenvalue weighted by molar-refractivity contribution is 5.76. The zero-order chi connectivity index (χ0) is 11.3. The van der Waals surface area contributed by atoms with Gasteiger partial charge in [-0.15, -0.1) is 0 Å². The first kappa shape index (κ1) is 7.60. The molecule has 4 aliphatic rings. The molecule has 7 atom stereocenters. The molecule has 82 valence electrons. The molecule has 0 aromatic rings. The first-order valence-corrected chi connectivity index (χ1v) is 5.23. The maximum Gasteiger partial charge on any atom is 0.311 e. The van der Waals surface area contributed by atoms with Gasteiger partial charge in [-0.1, -0.05) is 0 Å². The van der Waals surface area contributed by atoms with E-state index < -0.39 is 18.3 Å². The van der Waals surface area contributed by atoms with E-state index in [2.05, 4.69) is 0 Å². The highest BCUT2D eigenvalue weighted by atomic mass is 16.8. The quantitative estimate of drug-likeness (QED) is 0.566. The van der Waals surface area contributed by atoms with Crippen molar-refractivity contribution in [2.75, 3.05) is 0 Å². The van der Waals surface area contributed by atoms with Crippen molar-refractivity contribution in [2.45, 2.75) is 31.7 Å². The van der Waals surface area contributed by atoms with Crippen LogP contribution in [-0.4, -0.2) is 29.4 Å². The Kier molecular flexibility index (Phi) is 1.12. The van der Waals surface area contributed by atoms with Crippen LogP contribution in [0, 0.1) is 23.7 Å². The SMILES string of the molecule is [2H][C@@]12OC(=O)[C@@H]3C[C@H]4[C@@H]([C@@H]31)[C@](C)(O[C@@H]4O)O2. The molecular formula is C10H12O5. The number of aliphatic hydroxyl groups excluding tert-OH is 1. The normalized spacial score (nSPS) is 70.7. The van der Waals surface area contributed by atoms with Crippen LogP contribution in [0.25, 0.3) is 0 Å². The van der Waals surface area contributed by atoms with E-state index in [1.165, 1.54) is 0 Å². The Hall–Kier alpha value is -0.650. The highest BCUT2D eigenvalue weighted by Gasteiger charge is 2.73. The number of hydrogen-bond acceptors (Lipinski definition) is 5. The number of rotatable bonds is 0. The van der Waals surface area contributed by atoms with Crippen LogP contribution in [0.15, 0.2) is 0 Å². The summed E-state index contributed by atoms with van der Waals surface area (Å²) >= 11 is 0. The molecule has 0 amide bonds. The molecular weight excluding hydrogens is 200 g/mol. The highest BCUT2D eigenvalue weighted by Crippen LogP contribution is 2.63. The largest absolute Gasteiger partial charge is 0.435 e. The molecule has 0 aromatic carbocycles. The van der Waals surface area contributed by atoms with Gasteiger partial charge in [-0.05, 0) is 13.3 Å². The second-order valence-electron chi connectivity index (χ2n) is 4.92. The van der Waals surface area contributed by atoms with E-state index >= 15 is 0 Å². The first-order chi connectivity index (χ1) is 7.45. The molecule has 0 unspecified atom stereocenters. The third-order valence-electron chi connectivity index (χ3n) is 4.21. The molecule has 1 saturated carbocycles. The first-order valence-electron chi connectivity index (χ1n) is 5.73. The Labute approximate surface area is 87.7 Å². The van der Waals surface area contributed by atoms with Crippen molar-refractivity contribution < 1.29 is 25.5 Å². The van der Waals surface area contributed by atoms with Crippen LogP contribution in [0.1, 0.15) is 14.7 Å². The van der Waals surface area contributed by atoms with Crippen molar-refractivity contribution in [3.8, 4) is 0 Å². The fraction of sp³-hybridized carbons (Fsp3) is 0.900. The zero-order valence-electron chi connectivity index (χ0n) is 9.17. The van der Waals surface area contributed by atoms with Gasteiger partial charge < -0.3 is 19.3 Å². The fourth-order valence-corrected chi connectivity index (χ4v) is 3.69. The molecule has 15 heavy (non-hydrogen) atoms. The van der Waals surface area contributed by atoms with Gasteiger partial charge in [-0.2, -0.15) is 0 Å². The van der Waals surface area contributed by atoms with Crippen LogP contribution in [0.4, 0.5) is 0 Å². The van der Waals surface area contributed by atoms with Gasteiger partial charge in [-0.3, -0.25) is 4.79 Å². The van der Waals surface area contributed by atoms with Gasteiger partial charge in [0.15, 0.2) is 12.1 Å². The third kappa shape index (κ3) is 0.767. The Morgan fingerprint density at radius 2 is 2.40 bits per heavy atom. The lowest BCUT2D eigenvalue weighted by Crippen LogP contribution is -2.32. The summed E-state index contributed by atoms with van der Waals surface area (Å²) in [5, 5.41) is 9.77. The molecule has 1 N–H and O–H groups in total. The summed E-state index contributed by atoms with van der Waals surface area (Å²) in [6.07, 6.45) is -1.96. The molecule has 0 bridgehead atoms. The average molecular weight is 213 g/mol. The van der Waals surface area contributed by atoms with Gasteiger partial charge in [0.2, 0.25) is 6.27 Å². The van der Waals surface area contributed by atoms with Crippen molar-refractivity contribution in [1.29, 1.82) is 0 Å². The molecule has 4 fully saturated rings. The van der Waals surface area contributed by atoms with E-state index in [9.17, 15) is 9.90 Å². The van der Waals surface area contributed by atoms with Crippen LogP contribution in [0.5, 0.6) is 0 Å². The summed E-state index contributed by atoms with van der Waals surface area (Å²) in [7, 11) is 0. The second kappa shape index (κ2) is 2.21. The Balaban J connectivity index is 1.87.